The second-order valence-electron chi connectivity index (χ2n) is 6.36. The normalized spacial score (nSPS) is 15.4. The van der Waals surface area contributed by atoms with Crippen LogP contribution in [-0.2, 0) is 14.3 Å². The van der Waals surface area contributed by atoms with E-state index in [1.54, 1.807) is 25.1 Å². The quantitative estimate of drug-likeness (QED) is 0.554. The second kappa shape index (κ2) is 9.85. The maximum atomic E-state index is 12.1. The summed E-state index contributed by atoms with van der Waals surface area (Å²) in [4.78, 5) is 24.1. The predicted molar refractivity (Wildman–Crippen MR) is 101 cm³/mol. The average Bonchev–Trinajstić information content (AvgIpc) is 3.18. The minimum atomic E-state index is -0.845. The molecule has 27 heavy (non-hydrogen) atoms. The molecule has 1 atom stereocenters. The third-order valence-electron chi connectivity index (χ3n) is 4.46. The summed E-state index contributed by atoms with van der Waals surface area (Å²) < 4.78 is 21.0. The number of hydrogen-bond donors (Lipinski definition) is 1. The third-order valence-corrected chi connectivity index (χ3v) is 4.46. The summed E-state index contributed by atoms with van der Waals surface area (Å²) in [6, 6.07) is 3.61. The van der Waals surface area contributed by atoms with Crippen LogP contribution in [0.1, 0.15) is 38.2 Å². The fourth-order valence-corrected chi connectivity index (χ4v) is 3.02. The van der Waals surface area contributed by atoms with Crippen LogP contribution in [0.4, 0.5) is 0 Å². The molecule has 0 aliphatic heterocycles. The molecule has 7 heteroatoms. The largest absolute Gasteiger partial charge is 0.493 e. The van der Waals surface area contributed by atoms with Crippen molar-refractivity contribution in [1.29, 1.82) is 0 Å². The first kappa shape index (κ1) is 20.6. The molecule has 2 rings (SSSR count). The topological polar surface area (TPSA) is 83.1 Å². The summed E-state index contributed by atoms with van der Waals surface area (Å²) in [5.74, 6) is 0.564. The monoisotopic (exact) mass is 377 g/mol. The summed E-state index contributed by atoms with van der Waals surface area (Å²) in [5.41, 5.74) is 0.671. The van der Waals surface area contributed by atoms with Gasteiger partial charge in [0.15, 0.2) is 17.6 Å². The molecule has 0 heterocycles. The number of rotatable bonds is 8. The Hall–Kier alpha value is -2.70. The van der Waals surface area contributed by atoms with Crippen LogP contribution in [0.5, 0.6) is 17.2 Å². The minimum Gasteiger partial charge on any atom is -0.493 e. The molecule has 1 aliphatic carbocycles. The fourth-order valence-electron chi connectivity index (χ4n) is 3.02. The van der Waals surface area contributed by atoms with Gasteiger partial charge in [0.2, 0.25) is 5.75 Å². The number of benzene rings is 1. The van der Waals surface area contributed by atoms with Crippen LogP contribution in [0.2, 0.25) is 0 Å². The highest BCUT2D eigenvalue weighted by molar-refractivity contribution is 5.90. The fraction of sp³-hybridized carbons (Fsp3) is 0.500. The number of methoxy groups -OCH3 is 3. The lowest BCUT2D eigenvalue weighted by Crippen LogP contribution is -2.40. The van der Waals surface area contributed by atoms with Gasteiger partial charge in [0.05, 0.1) is 21.3 Å². The van der Waals surface area contributed by atoms with E-state index in [0.717, 1.165) is 25.7 Å². The van der Waals surface area contributed by atoms with E-state index in [-0.39, 0.29) is 11.9 Å². The first-order chi connectivity index (χ1) is 13.0. The molecule has 1 fully saturated rings. The van der Waals surface area contributed by atoms with Gasteiger partial charge in [0, 0.05) is 12.1 Å². The number of carbonyl (C=O) groups excluding carboxylic acids is 2. The molecule has 1 saturated carbocycles. The molecule has 0 unspecified atom stereocenters. The molecule has 1 N–H and O–H groups in total. The lowest BCUT2D eigenvalue weighted by Gasteiger charge is -2.16. The van der Waals surface area contributed by atoms with Crippen molar-refractivity contribution < 1.29 is 28.5 Å². The Morgan fingerprint density at radius 3 is 2.19 bits per heavy atom. The first-order valence-electron chi connectivity index (χ1n) is 8.97. The smallest absolute Gasteiger partial charge is 0.331 e. The summed E-state index contributed by atoms with van der Waals surface area (Å²) in [7, 11) is 4.55. The molecule has 0 aromatic heterocycles. The van der Waals surface area contributed by atoms with Crippen molar-refractivity contribution in [2.24, 2.45) is 0 Å². The summed E-state index contributed by atoms with van der Waals surface area (Å²) in [6.45, 7) is 1.56. The molecular formula is C20H27NO6. The van der Waals surface area contributed by atoms with Gasteiger partial charge in [-0.05, 0) is 43.5 Å². The summed E-state index contributed by atoms with van der Waals surface area (Å²) in [5, 5.41) is 2.91. The van der Waals surface area contributed by atoms with Crippen molar-refractivity contribution in [3.63, 3.8) is 0 Å². The maximum Gasteiger partial charge on any atom is 0.331 e. The van der Waals surface area contributed by atoms with Crippen LogP contribution >= 0.6 is 0 Å². The highest BCUT2D eigenvalue weighted by atomic mass is 16.5. The highest BCUT2D eigenvalue weighted by Gasteiger charge is 2.22. The predicted octanol–water partition coefficient (Wildman–Crippen LogP) is 2.72. The molecule has 1 aliphatic rings. The number of nitrogens with one attached hydrogen (secondary N) is 1. The number of carbonyl (C=O) groups is 2. The lowest BCUT2D eigenvalue weighted by atomic mass is 10.1. The highest BCUT2D eigenvalue weighted by Crippen LogP contribution is 2.38. The first-order valence-corrected chi connectivity index (χ1v) is 8.97. The van der Waals surface area contributed by atoms with Gasteiger partial charge in [0.25, 0.3) is 5.91 Å². The van der Waals surface area contributed by atoms with Crippen LogP contribution in [0.3, 0.4) is 0 Å². The Labute approximate surface area is 159 Å². The Morgan fingerprint density at radius 2 is 1.67 bits per heavy atom. The van der Waals surface area contributed by atoms with Crippen molar-refractivity contribution in [3.05, 3.63) is 23.8 Å². The molecule has 7 nitrogen and oxygen atoms in total. The second-order valence-corrected chi connectivity index (χ2v) is 6.36. The Kier molecular flexibility index (Phi) is 7.52. The van der Waals surface area contributed by atoms with Gasteiger partial charge >= 0.3 is 5.97 Å². The van der Waals surface area contributed by atoms with Crippen LogP contribution in [0.15, 0.2) is 18.2 Å². The third kappa shape index (κ3) is 5.64. The number of esters is 1. The number of amides is 1. The van der Waals surface area contributed by atoms with E-state index >= 15 is 0 Å². The van der Waals surface area contributed by atoms with E-state index < -0.39 is 12.1 Å². The van der Waals surface area contributed by atoms with Crippen molar-refractivity contribution in [1.82, 2.24) is 5.32 Å². The van der Waals surface area contributed by atoms with E-state index in [1.807, 2.05) is 0 Å². The summed E-state index contributed by atoms with van der Waals surface area (Å²) >= 11 is 0. The lowest BCUT2D eigenvalue weighted by molar-refractivity contribution is -0.150. The SMILES string of the molecule is COc1cc(/C=C/C(=O)O[C@H](C)C(=O)NC2CCCC2)cc(OC)c1OC. The molecule has 0 spiro atoms. The van der Waals surface area contributed by atoms with Gasteiger partial charge in [-0.15, -0.1) is 0 Å². The zero-order valence-electron chi connectivity index (χ0n) is 16.2. The van der Waals surface area contributed by atoms with E-state index in [1.165, 1.54) is 27.4 Å². The van der Waals surface area contributed by atoms with Crippen molar-refractivity contribution >= 4 is 18.0 Å². The van der Waals surface area contributed by atoms with Gasteiger partial charge in [0.1, 0.15) is 0 Å². The molecular weight excluding hydrogens is 350 g/mol. The van der Waals surface area contributed by atoms with E-state index in [4.69, 9.17) is 18.9 Å². The molecule has 1 amide bonds. The van der Waals surface area contributed by atoms with Gasteiger partial charge in [-0.3, -0.25) is 4.79 Å². The molecule has 148 valence electrons. The van der Waals surface area contributed by atoms with E-state index in [2.05, 4.69) is 5.32 Å². The molecule has 0 bridgehead atoms. The van der Waals surface area contributed by atoms with E-state index in [9.17, 15) is 9.59 Å². The molecule has 1 aromatic carbocycles. The molecule has 1 aromatic rings. The van der Waals surface area contributed by atoms with Crippen LogP contribution in [0, 0.1) is 0 Å². The molecule has 0 radical (unpaired) electrons. The van der Waals surface area contributed by atoms with E-state index in [0.29, 0.717) is 22.8 Å². The van der Waals surface area contributed by atoms with Crippen molar-refractivity contribution in [2.75, 3.05) is 21.3 Å². The van der Waals surface area contributed by atoms with Crippen LogP contribution in [-0.4, -0.2) is 45.4 Å². The zero-order valence-corrected chi connectivity index (χ0v) is 16.2. The van der Waals surface area contributed by atoms with Crippen LogP contribution < -0.4 is 19.5 Å². The van der Waals surface area contributed by atoms with Crippen LogP contribution in [0.25, 0.3) is 6.08 Å². The maximum absolute atomic E-state index is 12.1. The van der Waals surface area contributed by atoms with Crippen molar-refractivity contribution in [3.8, 4) is 17.2 Å². The van der Waals surface area contributed by atoms with Gasteiger partial charge in [-0.1, -0.05) is 12.8 Å². The minimum absolute atomic E-state index is 0.188. The zero-order chi connectivity index (χ0) is 19.8. The standard InChI is InChI=1S/C20H27NO6/c1-13(20(23)21-15-7-5-6-8-15)27-18(22)10-9-14-11-16(24-2)19(26-4)17(12-14)25-3/h9-13,15H,5-8H2,1-4H3,(H,21,23)/b10-9+/t13-/m1/s1. The molecule has 0 saturated heterocycles. The number of hydrogen-bond acceptors (Lipinski definition) is 6. The van der Waals surface area contributed by atoms with Crippen molar-refractivity contribution in [2.45, 2.75) is 44.8 Å². The Balaban J connectivity index is 1.98. The van der Waals surface area contributed by atoms with Gasteiger partial charge in [-0.2, -0.15) is 0 Å². The van der Waals surface area contributed by atoms with Gasteiger partial charge < -0.3 is 24.3 Å². The Morgan fingerprint density at radius 1 is 1.07 bits per heavy atom. The average molecular weight is 377 g/mol. The number of ether oxygens (including phenoxy) is 4. The Bertz CT molecular complexity index is 669. The summed E-state index contributed by atoms with van der Waals surface area (Å²) in [6.07, 6.45) is 6.19. The van der Waals surface area contributed by atoms with Gasteiger partial charge in [-0.25, -0.2) is 4.79 Å².